The summed E-state index contributed by atoms with van der Waals surface area (Å²) >= 11 is 1.63. The van der Waals surface area contributed by atoms with Crippen LogP contribution in [0, 0.1) is 0 Å². The second-order valence-electron chi connectivity index (χ2n) is 4.87. The smallest absolute Gasteiger partial charge is 0.282 e. The van der Waals surface area contributed by atoms with Crippen molar-refractivity contribution >= 4 is 52.4 Å². The molecule has 4 rings (SSSR count). The van der Waals surface area contributed by atoms with Crippen molar-refractivity contribution in [3.63, 3.8) is 0 Å². The molecule has 0 amide bonds. The van der Waals surface area contributed by atoms with E-state index in [1.807, 2.05) is 36.4 Å². The van der Waals surface area contributed by atoms with E-state index in [-0.39, 0.29) is 4.90 Å². The molecule has 0 unspecified atom stereocenters. The van der Waals surface area contributed by atoms with E-state index in [9.17, 15) is 13.0 Å². The average Bonchev–Trinajstić information content (AvgIpc) is 2.84. The third-order valence-electron chi connectivity index (χ3n) is 3.62. The maximum atomic E-state index is 11.7. The highest BCUT2D eigenvalue weighted by Crippen LogP contribution is 2.40. The summed E-state index contributed by atoms with van der Waals surface area (Å²) < 4.78 is 35.1. The predicted molar refractivity (Wildman–Crippen MR) is 86.7 cm³/mol. The molecular formula is C16H10O3S2. The Hall–Kier alpha value is -1.95. The minimum atomic E-state index is -4.26. The molecule has 3 nitrogen and oxygen atoms in total. The molecular weight excluding hydrogens is 304 g/mol. The van der Waals surface area contributed by atoms with Crippen LogP contribution in [-0.2, 0) is 10.1 Å². The van der Waals surface area contributed by atoms with Crippen LogP contribution in [0.4, 0.5) is 0 Å². The van der Waals surface area contributed by atoms with Crippen LogP contribution in [0.1, 0.15) is 0 Å². The van der Waals surface area contributed by atoms with Crippen molar-refractivity contribution in [1.29, 1.82) is 0 Å². The number of rotatable bonds is 1. The monoisotopic (exact) mass is 314 g/mol. The van der Waals surface area contributed by atoms with Crippen LogP contribution in [0.15, 0.2) is 59.5 Å². The summed E-state index contributed by atoms with van der Waals surface area (Å²) in [4.78, 5) is -0.0332. The fraction of sp³-hybridized carbons (Fsp3) is 0. The van der Waals surface area contributed by atoms with Gasteiger partial charge in [-0.05, 0) is 12.1 Å². The van der Waals surface area contributed by atoms with Crippen LogP contribution >= 0.6 is 11.3 Å². The van der Waals surface area contributed by atoms with Gasteiger partial charge >= 0.3 is 0 Å². The van der Waals surface area contributed by atoms with Gasteiger partial charge in [0, 0.05) is 30.9 Å². The molecule has 0 spiro atoms. The SMILES string of the molecule is O=S(=O)(O)c1cc2c3ccccc3sc2c2ccccc12. The van der Waals surface area contributed by atoms with Crippen LogP contribution in [-0.4, -0.2) is 13.0 Å². The van der Waals surface area contributed by atoms with Gasteiger partial charge in [-0.2, -0.15) is 8.42 Å². The minimum Gasteiger partial charge on any atom is -0.282 e. The van der Waals surface area contributed by atoms with Crippen LogP contribution in [0.3, 0.4) is 0 Å². The standard InChI is InChI=1S/C16H10O3S2/c17-21(18,19)15-9-13-10-5-3-4-8-14(10)20-16(13)12-7-2-1-6-11(12)15/h1-9H,(H,17,18,19). The summed E-state index contributed by atoms with van der Waals surface area (Å²) in [6.45, 7) is 0. The normalized spacial score (nSPS) is 12.4. The van der Waals surface area contributed by atoms with E-state index in [0.29, 0.717) is 5.39 Å². The van der Waals surface area contributed by atoms with Gasteiger partial charge in [0.15, 0.2) is 0 Å². The maximum Gasteiger partial charge on any atom is 0.295 e. The van der Waals surface area contributed by atoms with Crippen LogP contribution in [0.5, 0.6) is 0 Å². The van der Waals surface area contributed by atoms with Gasteiger partial charge in [0.25, 0.3) is 10.1 Å². The van der Waals surface area contributed by atoms with E-state index in [2.05, 4.69) is 0 Å². The molecule has 1 N–H and O–H groups in total. The molecule has 0 saturated heterocycles. The first-order valence-electron chi connectivity index (χ1n) is 6.36. The Morgan fingerprint density at radius 1 is 0.810 bits per heavy atom. The summed E-state index contributed by atoms with van der Waals surface area (Å²) in [7, 11) is -4.26. The van der Waals surface area contributed by atoms with E-state index >= 15 is 0 Å². The van der Waals surface area contributed by atoms with Gasteiger partial charge in [0.05, 0.1) is 0 Å². The number of fused-ring (bicyclic) bond motifs is 5. The Labute approximate surface area is 125 Å². The molecule has 0 bridgehead atoms. The highest BCUT2D eigenvalue weighted by molar-refractivity contribution is 7.86. The number of thiophene rings is 1. The van der Waals surface area contributed by atoms with Crippen molar-refractivity contribution in [2.45, 2.75) is 4.90 Å². The van der Waals surface area contributed by atoms with Gasteiger partial charge in [-0.15, -0.1) is 11.3 Å². The van der Waals surface area contributed by atoms with E-state index in [0.717, 1.165) is 25.6 Å². The van der Waals surface area contributed by atoms with Crippen molar-refractivity contribution in [1.82, 2.24) is 0 Å². The molecule has 0 radical (unpaired) electrons. The third kappa shape index (κ3) is 1.86. The molecule has 21 heavy (non-hydrogen) atoms. The number of hydrogen-bond donors (Lipinski definition) is 1. The summed E-state index contributed by atoms with van der Waals surface area (Å²) in [5.41, 5.74) is 0. The molecule has 4 aromatic rings. The average molecular weight is 314 g/mol. The van der Waals surface area contributed by atoms with E-state index in [1.165, 1.54) is 0 Å². The Balaban J connectivity index is 2.36. The Morgan fingerprint density at radius 2 is 1.43 bits per heavy atom. The molecule has 0 aliphatic heterocycles. The van der Waals surface area contributed by atoms with Gasteiger partial charge < -0.3 is 0 Å². The van der Waals surface area contributed by atoms with Crippen molar-refractivity contribution < 1.29 is 13.0 Å². The summed E-state index contributed by atoms with van der Waals surface area (Å²) in [6.07, 6.45) is 0. The zero-order chi connectivity index (χ0) is 14.6. The largest absolute Gasteiger partial charge is 0.295 e. The van der Waals surface area contributed by atoms with E-state index in [4.69, 9.17) is 0 Å². The molecule has 3 aromatic carbocycles. The first-order valence-corrected chi connectivity index (χ1v) is 8.62. The molecule has 1 aromatic heterocycles. The first kappa shape index (κ1) is 12.8. The van der Waals surface area contributed by atoms with Gasteiger partial charge in [0.2, 0.25) is 0 Å². The molecule has 0 aliphatic carbocycles. The van der Waals surface area contributed by atoms with Crippen LogP contribution in [0.25, 0.3) is 30.9 Å². The van der Waals surface area contributed by atoms with Crippen LogP contribution in [0.2, 0.25) is 0 Å². The van der Waals surface area contributed by atoms with Crippen molar-refractivity contribution in [3.8, 4) is 0 Å². The maximum absolute atomic E-state index is 11.7. The molecule has 5 heteroatoms. The minimum absolute atomic E-state index is 0.0332. The molecule has 0 fully saturated rings. The number of hydrogen-bond acceptors (Lipinski definition) is 3. The molecule has 104 valence electrons. The van der Waals surface area contributed by atoms with Crippen molar-refractivity contribution in [3.05, 3.63) is 54.6 Å². The zero-order valence-corrected chi connectivity index (χ0v) is 12.4. The summed E-state index contributed by atoms with van der Waals surface area (Å²) in [6, 6.07) is 16.7. The lowest BCUT2D eigenvalue weighted by molar-refractivity contribution is 0.484. The second-order valence-corrected chi connectivity index (χ2v) is 7.31. The van der Waals surface area contributed by atoms with Crippen LogP contribution < -0.4 is 0 Å². The highest BCUT2D eigenvalue weighted by Gasteiger charge is 2.18. The highest BCUT2D eigenvalue weighted by atomic mass is 32.2. The Kier molecular flexibility index (Phi) is 2.60. The van der Waals surface area contributed by atoms with Gasteiger partial charge in [-0.3, -0.25) is 4.55 Å². The molecule has 0 aliphatic rings. The van der Waals surface area contributed by atoms with Gasteiger partial charge in [-0.1, -0.05) is 42.5 Å². The quantitative estimate of drug-likeness (QED) is 0.528. The van der Waals surface area contributed by atoms with Gasteiger partial charge in [0.1, 0.15) is 4.90 Å². The predicted octanol–water partition coefficient (Wildman–Crippen LogP) is 4.45. The van der Waals surface area contributed by atoms with Crippen molar-refractivity contribution in [2.75, 3.05) is 0 Å². The molecule has 1 heterocycles. The lowest BCUT2D eigenvalue weighted by atomic mass is 10.1. The summed E-state index contributed by atoms with van der Waals surface area (Å²) in [5.74, 6) is 0. The Morgan fingerprint density at radius 3 is 2.14 bits per heavy atom. The van der Waals surface area contributed by atoms with E-state index in [1.54, 1.807) is 29.5 Å². The third-order valence-corrected chi connectivity index (χ3v) is 5.74. The fourth-order valence-corrected chi connectivity index (χ4v) is 4.67. The lowest BCUT2D eigenvalue weighted by Crippen LogP contribution is -1.99. The topological polar surface area (TPSA) is 54.4 Å². The summed E-state index contributed by atoms with van der Waals surface area (Å²) in [5, 5.41) is 3.28. The first-order chi connectivity index (χ1) is 10.1. The fourth-order valence-electron chi connectivity index (χ4n) is 2.73. The zero-order valence-electron chi connectivity index (χ0n) is 10.8. The van der Waals surface area contributed by atoms with Crippen molar-refractivity contribution in [2.24, 2.45) is 0 Å². The molecule has 0 saturated carbocycles. The Bertz CT molecular complexity index is 1110. The molecule has 0 atom stereocenters. The van der Waals surface area contributed by atoms with E-state index < -0.39 is 10.1 Å². The number of benzene rings is 3. The van der Waals surface area contributed by atoms with Gasteiger partial charge in [-0.25, -0.2) is 0 Å². The lowest BCUT2D eigenvalue weighted by Gasteiger charge is -2.05. The second kappa shape index (κ2) is 4.27.